The van der Waals surface area contributed by atoms with Gasteiger partial charge in [-0.05, 0) is 43.2 Å². The van der Waals surface area contributed by atoms with Gasteiger partial charge in [0.25, 0.3) is 5.91 Å². The number of nitrogens with one attached hydrogen (secondary N) is 2. The number of aryl methyl sites for hydroxylation is 2. The molecule has 2 N–H and O–H groups in total. The zero-order chi connectivity index (χ0) is 20.1. The lowest BCUT2D eigenvalue weighted by Gasteiger charge is -2.14. The second kappa shape index (κ2) is 8.43. The van der Waals surface area contributed by atoms with E-state index in [0.29, 0.717) is 22.7 Å². The highest BCUT2D eigenvalue weighted by Gasteiger charge is 2.12. The van der Waals surface area contributed by atoms with E-state index in [1.807, 2.05) is 32.0 Å². The Labute approximate surface area is 164 Å². The minimum absolute atomic E-state index is 0.277. The lowest BCUT2D eigenvalue weighted by molar-refractivity contribution is 0.102. The van der Waals surface area contributed by atoms with Crippen molar-refractivity contribution in [3.8, 4) is 11.5 Å². The first-order valence-corrected chi connectivity index (χ1v) is 8.83. The molecule has 6 heteroatoms. The van der Waals surface area contributed by atoms with Gasteiger partial charge >= 0.3 is 0 Å². The number of hydrogen-bond acceptors (Lipinski definition) is 5. The highest BCUT2D eigenvalue weighted by molar-refractivity contribution is 6.05. The molecule has 0 saturated carbocycles. The van der Waals surface area contributed by atoms with Crippen molar-refractivity contribution in [3.05, 3.63) is 71.5 Å². The maximum atomic E-state index is 12.7. The second-order valence-corrected chi connectivity index (χ2v) is 6.37. The fraction of sp³-hybridized carbons (Fsp3) is 0.182. The summed E-state index contributed by atoms with van der Waals surface area (Å²) in [5.74, 6) is 0.892. The molecule has 0 bridgehead atoms. The molecule has 0 aliphatic carbocycles. The molecule has 1 aromatic heterocycles. The summed E-state index contributed by atoms with van der Waals surface area (Å²) < 4.78 is 10.5. The van der Waals surface area contributed by atoms with Gasteiger partial charge in [0.15, 0.2) is 0 Å². The number of para-hydroxylation sites is 1. The van der Waals surface area contributed by atoms with Gasteiger partial charge in [-0.2, -0.15) is 0 Å². The number of hydrogen-bond donors (Lipinski definition) is 2. The van der Waals surface area contributed by atoms with Crippen molar-refractivity contribution < 1.29 is 14.3 Å². The first-order valence-electron chi connectivity index (χ1n) is 8.83. The van der Waals surface area contributed by atoms with Crippen molar-refractivity contribution in [2.24, 2.45) is 0 Å². The topological polar surface area (TPSA) is 72.5 Å². The molecule has 0 saturated heterocycles. The van der Waals surface area contributed by atoms with Gasteiger partial charge in [0.05, 0.1) is 37.4 Å². The summed E-state index contributed by atoms with van der Waals surface area (Å²) in [5.41, 5.74) is 5.00. The van der Waals surface area contributed by atoms with Crippen LogP contribution in [0, 0.1) is 13.8 Å². The Kier molecular flexibility index (Phi) is 5.79. The zero-order valence-electron chi connectivity index (χ0n) is 16.4. The predicted octanol–water partition coefficient (Wildman–Crippen LogP) is 4.71. The maximum Gasteiger partial charge on any atom is 0.257 e. The zero-order valence-corrected chi connectivity index (χ0v) is 16.4. The van der Waals surface area contributed by atoms with Crippen molar-refractivity contribution in [1.82, 2.24) is 4.98 Å². The van der Waals surface area contributed by atoms with Crippen LogP contribution in [0.25, 0.3) is 0 Å². The Balaban J connectivity index is 1.81. The van der Waals surface area contributed by atoms with Crippen LogP contribution in [0.15, 0.2) is 54.9 Å². The number of carbonyl (C=O) groups is 1. The third-order valence-corrected chi connectivity index (χ3v) is 4.41. The summed E-state index contributed by atoms with van der Waals surface area (Å²) in [7, 11) is 3.12. The van der Waals surface area contributed by atoms with Gasteiger partial charge in [-0.1, -0.05) is 18.2 Å². The minimum atomic E-state index is -0.277. The number of benzene rings is 2. The number of pyridine rings is 1. The largest absolute Gasteiger partial charge is 0.497 e. The Bertz CT molecular complexity index is 982. The molecule has 3 rings (SSSR count). The molecule has 0 radical (unpaired) electrons. The number of anilines is 3. The van der Waals surface area contributed by atoms with Crippen LogP contribution in [0.4, 0.5) is 17.1 Å². The van der Waals surface area contributed by atoms with E-state index >= 15 is 0 Å². The highest BCUT2D eigenvalue weighted by Crippen LogP contribution is 2.30. The van der Waals surface area contributed by atoms with E-state index in [9.17, 15) is 4.79 Å². The average Bonchev–Trinajstić information content (AvgIpc) is 2.71. The molecule has 0 aliphatic heterocycles. The average molecular weight is 377 g/mol. The Morgan fingerprint density at radius 2 is 1.71 bits per heavy atom. The standard InChI is InChI=1S/C22H23N3O3/c1-14-6-5-7-15(2)21(14)24-17-10-16(12-23-13-17)22(26)25-19-9-8-18(27-3)11-20(19)28-4/h5-13,24H,1-4H3,(H,25,26). The van der Waals surface area contributed by atoms with E-state index < -0.39 is 0 Å². The van der Waals surface area contributed by atoms with Crippen LogP contribution in [0.1, 0.15) is 21.5 Å². The quantitative estimate of drug-likeness (QED) is 0.651. The first-order chi connectivity index (χ1) is 13.5. The van der Waals surface area contributed by atoms with E-state index in [2.05, 4.69) is 15.6 Å². The first kappa shape index (κ1) is 19.2. The van der Waals surface area contributed by atoms with Crippen molar-refractivity contribution in [3.63, 3.8) is 0 Å². The SMILES string of the molecule is COc1ccc(NC(=O)c2cncc(Nc3c(C)cccc3C)c2)c(OC)c1. The second-order valence-electron chi connectivity index (χ2n) is 6.37. The van der Waals surface area contributed by atoms with E-state index in [4.69, 9.17) is 9.47 Å². The number of ether oxygens (including phenoxy) is 2. The summed E-state index contributed by atoms with van der Waals surface area (Å²) in [6.45, 7) is 4.07. The van der Waals surface area contributed by atoms with Crippen LogP contribution in [-0.2, 0) is 0 Å². The molecule has 144 valence electrons. The van der Waals surface area contributed by atoms with Crippen molar-refractivity contribution in [1.29, 1.82) is 0 Å². The van der Waals surface area contributed by atoms with Crippen LogP contribution in [-0.4, -0.2) is 25.1 Å². The third kappa shape index (κ3) is 4.23. The molecule has 2 aromatic carbocycles. The van der Waals surface area contributed by atoms with Gasteiger partial charge < -0.3 is 20.1 Å². The summed E-state index contributed by atoms with van der Waals surface area (Å²) in [4.78, 5) is 16.9. The van der Waals surface area contributed by atoms with Crippen molar-refractivity contribution in [2.45, 2.75) is 13.8 Å². The molecule has 28 heavy (non-hydrogen) atoms. The van der Waals surface area contributed by atoms with Crippen LogP contribution < -0.4 is 20.1 Å². The molecule has 0 aliphatic rings. The molecule has 0 spiro atoms. The molecule has 0 unspecified atom stereocenters. The Hall–Kier alpha value is -3.54. The van der Waals surface area contributed by atoms with Gasteiger partial charge in [-0.25, -0.2) is 0 Å². The Morgan fingerprint density at radius 3 is 2.39 bits per heavy atom. The summed E-state index contributed by atoms with van der Waals surface area (Å²) >= 11 is 0. The van der Waals surface area contributed by atoms with E-state index in [0.717, 1.165) is 22.5 Å². The minimum Gasteiger partial charge on any atom is -0.497 e. The van der Waals surface area contributed by atoms with Crippen LogP contribution >= 0.6 is 0 Å². The molecule has 1 heterocycles. The predicted molar refractivity (Wildman–Crippen MR) is 111 cm³/mol. The normalized spacial score (nSPS) is 10.3. The molecular formula is C22H23N3O3. The molecule has 6 nitrogen and oxygen atoms in total. The van der Waals surface area contributed by atoms with Crippen LogP contribution in [0.2, 0.25) is 0 Å². The number of methoxy groups -OCH3 is 2. The number of nitrogens with zero attached hydrogens (tertiary/aromatic N) is 1. The summed E-state index contributed by atoms with van der Waals surface area (Å²) in [6, 6.07) is 13.1. The smallest absolute Gasteiger partial charge is 0.257 e. The van der Waals surface area contributed by atoms with Gasteiger partial charge in [0.2, 0.25) is 0 Å². The van der Waals surface area contributed by atoms with Gasteiger partial charge in [0.1, 0.15) is 11.5 Å². The highest BCUT2D eigenvalue weighted by atomic mass is 16.5. The molecule has 0 fully saturated rings. The monoisotopic (exact) mass is 377 g/mol. The molecule has 3 aromatic rings. The lowest BCUT2D eigenvalue weighted by Crippen LogP contribution is -2.13. The lowest BCUT2D eigenvalue weighted by atomic mass is 10.1. The molecule has 0 atom stereocenters. The Morgan fingerprint density at radius 1 is 0.964 bits per heavy atom. The van der Waals surface area contributed by atoms with Crippen molar-refractivity contribution >= 4 is 23.0 Å². The number of carbonyl (C=O) groups excluding carboxylic acids is 1. The van der Waals surface area contributed by atoms with Crippen molar-refractivity contribution in [2.75, 3.05) is 24.9 Å². The third-order valence-electron chi connectivity index (χ3n) is 4.41. The fourth-order valence-electron chi connectivity index (χ4n) is 2.88. The summed E-state index contributed by atoms with van der Waals surface area (Å²) in [5, 5.41) is 6.21. The number of aromatic nitrogens is 1. The van der Waals surface area contributed by atoms with Gasteiger partial charge in [-0.3, -0.25) is 9.78 Å². The number of rotatable bonds is 6. The fourth-order valence-corrected chi connectivity index (χ4v) is 2.88. The van der Waals surface area contributed by atoms with E-state index in [1.165, 1.54) is 6.20 Å². The van der Waals surface area contributed by atoms with Gasteiger partial charge in [0, 0.05) is 18.0 Å². The summed E-state index contributed by atoms with van der Waals surface area (Å²) in [6.07, 6.45) is 3.22. The molecular weight excluding hydrogens is 354 g/mol. The van der Waals surface area contributed by atoms with E-state index in [-0.39, 0.29) is 5.91 Å². The molecule has 1 amide bonds. The van der Waals surface area contributed by atoms with Crippen LogP contribution in [0.5, 0.6) is 11.5 Å². The van der Waals surface area contributed by atoms with Gasteiger partial charge in [-0.15, -0.1) is 0 Å². The van der Waals surface area contributed by atoms with E-state index in [1.54, 1.807) is 44.7 Å². The van der Waals surface area contributed by atoms with Crippen LogP contribution in [0.3, 0.4) is 0 Å². The maximum absolute atomic E-state index is 12.7. The number of amides is 1.